The van der Waals surface area contributed by atoms with Gasteiger partial charge in [-0.2, -0.15) is 0 Å². The normalized spacial score (nSPS) is 19.0. The summed E-state index contributed by atoms with van der Waals surface area (Å²) in [7, 11) is 1.59. The highest BCUT2D eigenvalue weighted by atomic mass is 16.5. The number of nitrogens with zero attached hydrogens (tertiary/aromatic N) is 1. The van der Waals surface area contributed by atoms with Gasteiger partial charge in [-0.3, -0.25) is 4.79 Å². The minimum atomic E-state index is -1.24. The number of para-hydroxylation sites is 2. The number of amides is 2. The van der Waals surface area contributed by atoms with Gasteiger partial charge in [-0.15, -0.1) is 0 Å². The van der Waals surface area contributed by atoms with E-state index in [9.17, 15) is 9.59 Å². The van der Waals surface area contributed by atoms with Gasteiger partial charge in [-0.05, 0) is 12.1 Å². The Hall–Kier alpha value is -2.24. The van der Waals surface area contributed by atoms with Crippen molar-refractivity contribution in [2.24, 2.45) is 0 Å². The summed E-state index contributed by atoms with van der Waals surface area (Å²) in [5, 5.41) is 10.8. The summed E-state index contributed by atoms with van der Waals surface area (Å²) in [6, 6.07) is 6.18. The molecule has 17 heavy (non-hydrogen) atoms. The second-order valence-corrected chi connectivity index (χ2v) is 3.68. The topological polar surface area (TPSA) is 78.9 Å². The first-order chi connectivity index (χ1) is 8.09. The Morgan fingerprint density at radius 1 is 1.53 bits per heavy atom. The summed E-state index contributed by atoms with van der Waals surface area (Å²) in [5.74, 6) is 0.232. The van der Waals surface area contributed by atoms with Gasteiger partial charge >= 0.3 is 6.09 Å². The van der Waals surface area contributed by atoms with Crippen molar-refractivity contribution >= 4 is 17.7 Å². The minimum Gasteiger partial charge on any atom is -0.489 e. The van der Waals surface area contributed by atoms with Crippen molar-refractivity contribution in [1.82, 2.24) is 5.32 Å². The molecule has 0 aliphatic carbocycles. The predicted molar refractivity (Wildman–Crippen MR) is 60.3 cm³/mol. The third kappa shape index (κ3) is 2.15. The van der Waals surface area contributed by atoms with Crippen molar-refractivity contribution in [2.75, 3.05) is 18.6 Å². The zero-order valence-electron chi connectivity index (χ0n) is 9.21. The van der Waals surface area contributed by atoms with Gasteiger partial charge in [0, 0.05) is 7.05 Å². The van der Waals surface area contributed by atoms with Gasteiger partial charge in [-0.25, -0.2) is 4.79 Å². The van der Waals surface area contributed by atoms with Gasteiger partial charge in [0.2, 0.25) is 0 Å². The number of fused-ring (bicyclic) bond motifs is 1. The van der Waals surface area contributed by atoms with Crippen molar-refractivity contribution in [1.29, 1.82) is 0 Å². The van der Waals surface area contributed by atoms with Crippen molar-refractivity contribution < 1.29 is 19.4 Å². The van der Waals surface area contributed by atoms with Crippen molar-refractivity contribution in [3.8, 4) is 5.75 Å². The summed E-state index contributed by atoms with van der Waals surface area (Å²) in [6.07, 6.45) is -1.24. The maximum Gasteiger partial charge on any atom is 0.405 e. The first-order valence-corrected chi connectivity index (χ1v) is 5.08. The van der Waals surface area contributed by atoms with Crippen LogP contribution in [0, 0.1) is 0 Å². The fourth-order valence-corrected chi connectivity index (χ4v) is 1.71. The average Bonchev–Trinajstić information content (AvgIpc) is 2.42. The number of benzene rings is 1. The van der Waals surface area contributed by atoms with E-state index in [0.717, 1.165) is 0 Å². The Morgan fingerprint density at radius 3 is 2.94 bits per heavy atom. The quantitative estimate of drug-likeness (QED) is 0.751. The molecule has 6 heteroatoms. The molecular weight excluding hydrogens is 224 g/mol. The van der Waals surface area contributed by atoms with Gasteiger partial charge in [0.25, 0.3) is 5.91 Å². The SMILES string of the molecule is CN1C(=O)[C@@H](NC(=O)O)COc2ccccc21. The Balaban J connectivity index is 2.29. The van der Waals surface area contributed by atoms with Crippen LogP contribution in [0.25, 0.3) is 0 Å². The first kappa shape index (κ1) is 11.3. The summed E-state index contributed by atoms with van der Waals surface area (Å²) >= 11 is 0. The van der Waals surface area contributed by atoms with Gasteiger partial charge in [-0.1, -0.05) is 12.1 Å². The van der Waals surface area contributed by atoms with E-state index in [0.29, 0.717) is 11.4 Å². The number of ether oxygens (including phenoxy) is 1. The maximum absolute atomic E-state index is 12.0. The van der Waals surface area contributed by atoms with Gasteiger partial charge in [0.1, 0.15) is 18.4 Å². The number of hydrogen-bond donors (Lipinski definition) is 2. The van der Waals surface area contributed by atoms with E-state index >= 15 is 0 Å². The number of carbonyl (C=O) groups is 2. The third-order valence-corrected chi connectivity index (χ3v) is 2.56. The van der Waals surface area contributed by atoms with E-state index in [1.165, 1.54) is 4.90 Å². The second kappa shape index (κ2) is 4.32. The molecule has 2 rings (SSSR count). The summed E-state index contributed by atoms with van der Waals surface area (Å²) in [5.41, 5.74) is 0.632. The highest BCUT2D eigenvalue weighted by molar-refractivity contribution is 6.00. The van der Waals surface area contributed by atoms with Crippen molar-refractivity contribution in [3.63, 3.8) is 0 Å². The van der Waals surface area contributed by atoms with Crippen LogP contribution in [0.4, 0.5) is 10.5 Å². The number of carbonyl (C=O) groups excluding carboxylic acids is 1. The van der Waals surface area contributed by atoms with Gasteiger partial charge in [0.05, 0.1) is 5.69 Å². The number of likely N-dealkylation sites (N-methyl/N-ethyl adjacent to an activating group) is 1. The van der Waals surface area contributed by atoms with E-state index in [2.05, 4.69) is 5.32 Å². The van der Waals surface area contributed by atoms with Crippen LogP contribution in [0.15, 0.2) is 24.3 Å². The summed E-state index contributed by atoms with van der Waals surface area (Å²) < 4.78 is 5.41. The second-order valence-electron chi connectivity index (χ2n) is 3.68. The molecule has 0 bridgehead atoms. The highest BCUT2D eigenvalue weighted by Crippen LogP contribution is 2.29. The molecule has 0 saturated heterocycles. The van der Waals surface area contributed by atoms with E-state index in [1.807, 2.05) is 0 Å². The Bertz CT molecular complexity index is 461. The third-order valence-electron chi connectivity index (χ3n) is 2.56. The van der Waals surface area contributed by atoms with Gasteiger partial charge < -0.3 is 20.1 Å². The van der Waals surface area contributed by atoms with E-state index in [4.69, 9.17) is 9.84 Å². The standard InChI is InChI=1S/C11H12N2O4/c1-13-8-4-2-3-5-9(8)17-6-7(10(13)14)12-11(15)16/h2-5,7,12H,6H2,1H3,(H,15,16)/t7-/m0/s1. The van der Waals surface area contributed by atoms with Crippen LogP contribution in [0.5, 0.6) is 5.75 Å². The van der Waals surface area contributed by atoms with Crippen LogP contribution < -0.4 is 15.0 Å². The maximum atomic E-state index is 12.0. The van der Waals surface area contributed by atoms with Crippen LogP contribution >= 0.6 is 0 Å². The molecule has 0 radical (unpaired) electrons. The molecule has 1 aliphatic heterocycles. The zero-order valence-corrected chi connectivity index (χ0v) is 9.21. The molecule has 0 saturated carbocycles. The summed E-state index contributed by atoms with van der Waals surface area (Å²) in [4.78, 5) is 23.9. The largest absolute Gasteiger partial charge is 0.489 e. The molecule has 0 unspecified atom stereocenters. The zero-order chi connectivity index (χ0) is 12.4. The fraction of sp³-hybridized carbons (Fsp3) is 0.273. The molecule has 1 aliphatic rings. The molecule has 0 aromatic heterocycles. The number of nitrogens with one attached hydrogen (secondary N) is 1. The molecule has 2 N–H and O–H groups in total. The lowest BCUT2D eigenvalue weighted by Crippen LogP contribution is -2.48. The molecule has 6 nitrogen and oxygen atoms in total. The molecule has 1 atom stereocenters. The lowest BCUT2D eigenvalue weighted by atomic mass is 10.2. The molecule has 1 aromatic rings. The molecule has 1 aromatic carbocycles. The number of rotatable bonds is 1. The van der Waals surface area contributed by atoms with E-state index in [-0.39, 0.29) is 12.5 Å². The Morgan fingerprint density at radius 2 is 2.24 bits per heavy atom. The molecule has 90 valence electrons. The van der Waals surface area contributed by atoms with Crippen LogP contribution in [-0.2, 0) is 4.79 Å². The van der Waals surface area contributed by atoms with Gasteiger partial charge in [0.15, 0.2) is 0 Å². The molecule has 2 amide bonds. The average molecular weight is 236 g/mol. The lowest BCUT2D eigenvalue weighted by molar-refractivity contribution is -0.120. The van der Waals surface area contributed by atoms with Crippen LogP contribution in [0.1, 0.15) is 0 Å². The summed E-state index contributed by atoms with van der Waals surface area (Å²) in [6.45, 7) is -0.00745. The first-order valence-electron chi connectivity index (χ1n) is 5.08. The van der Waals surface area contributed by atoms with E-state index < -0.39 is 12.1 Å². The molecule has 0 fully saturated rings. The number of carboxylic acid groups (broad SMARTS) is 1. The van der Waals surface area contributed by atoms with E-state index in [1.54, 1.807) is 31.3 Å². The predicted octanol–water partition coefficient (Wildman–Crippen LogP) is 0.678. The van der Waals surface area contributed by atoms with Crippen LogP contribution in [0.3, 0.4) is 0 Å². The monoisotopic (exact) mass is 236 g/mol. The van der Waals surface area contributed by atoms with Crippen molar-refractivity contribution in [3.05, 3.63) is 24.3 Å². The van der Waals surface area contributed by atoms with Crippen LogP contribution in [0.2, 0.25) is 0 Å². The molecular formula is C11H12N2O4. The number of anilines is 1. The van der Waals surface area contributed by atoms with Crippen molar-refractivity contribution in [2.45, 2.75) is 6.04 Å². The Kier molecular flexibility index (Phi) is 2.86. The Labute approximate surface area is 97.8 Å². The van der Waals surface area contributed by atoms with Crippen LogP contribution in [-0.4, -0.2) is 36.8 Å². The lowest BCUT2D eigenvalue weighted by Gasteiger charge is -2.19. The minimum absolute atomic E-state index is 0.00745. The molecule has 0 spiro atoms. The smallest absolute Gasteiger partial charge is 0.405 e. The fourth-order valence-electron chi connectivity index (χ4n) is 1.71. The highest BCUT2D eigenvalue weighted by Gasteiger charge is 2.30. The number of hydrogen-bond acceptors (Lipinski definition) is 3. The molecule has 1 heterocycles.